The van der Waals surface area contributed by atoms with Crippen molar-refractivity contribution in [2.45, 2.75) is 11.8 Å². The van der Waals surface area contributed by atoms with Crippen LogP contribution in [0.1, 0.15) is 5.69 Å². The van der Waals surface area contributed by atoms with Crippen molar-refractivity contribution in [3.8, 4) is 0 Å². The van der Waals surface area contributed by atoms with Gasteiger partial charge >= 0.3 is 0 Å². The highest BCUT2D eigenvalue weighted by Crippen LogP contribution is 2.09. The number of hydrogen-bond acceptors (Lipinski definition) is 3. The molecular weight excluding hydrogens is 162 g/mol. The molecule has 0 aromatic carbocycles. The normalized spacial score (nSPS) is 12.9. The quantitative estimate of drug-likeness (QED) is 0.668. The average molecular weight is 171 g/mol. The zero-order chi connectivity index (χ0) is 8.27. The van der Waals surface area contributed by atoms with Crippen LogP contribution in [0.3, 0.4) is 0 Å². The predicted molar refractivity (Wildman–Crippen MR) is 42.4 cm³/mol. The maximum absolute atomic E-state index is 11.1. The van der Waals surface area contributed by atoms with E-state index < -0.39 is 11.1 Å². The van der Waals surface area contributed by atoms with Gasteiger partial charge in [0.25, 0.3) is 0 Å². The minimum atomic E-state index is -1.36. The van der Waals surface area contributed by atoms with Crippen molar-refractivity contribution in [3.63, 3.8) is 0 Å². The Morgan fingerprint density at radius 2 is 2.36 bits per heavy atom. The van der Waals surface area contributed by atoms with Crippen molar-refractivity contribution in [1.82, 2.24) is 4.98 Å². The van der Waals surface area contributed by atoms with Gasteiger partial charge in [-0.2, -0.15) is 0 Å². The molecule has 0 amide bonds. The molecule has 1 atom stereocenters. The van der Waals surface area contributed by atoms with Gasteiger partial charge in [-0.15, -0.1) is 0 Å². The van der Waals surface area contributed by atoms with Crippen LogP contribution in [0, 0.1) is 6.92 Å². The molecule has 0 radical (unpaired) electrons. The van der Waals surface area contributed by atoms with Crippen LogP contribution in [0.5, 0.6) is 0 Å². The Hall–Kier alpha value is -0.740. The number of pyridine rings is 1. The molecule has 0 fully saturated rings. The zero-order valence-electron chi connectivity index (χ0n) is 6.40. The van der Waals surface area contributed by atoms with Gasteiger partial charge in [-0.05, 0) is 19.1 Å². The first-order chi connectivity index (χ1) is 5.25. The van der Waals surface area contributed by atoms with Crippen molar-refractivity contribution in [2.75, 3.05) is 7.11 Å². The van der Waals surface area contributed by atoms with Crippen LogP contribution in [-0.2, 0) is 15.3 Å². The summed E-state index contributed by atoms with van der Waals surface area (Å²) in [7, 11) is 1.41. The lowest BCUT2D eigenvalue weighted by Crippen LogP contribution is -1.97. The van der Waals surface area contributed by atoms with Crippen LogP contribution in [0.15, 0.2) is 23.2 Å². The second-order valence-corrected chi connectivity index (χ2v) is 3.23. The maximum atomic E-state index is 11.1. The fourth-order valence-electron chi connectivity index (χ4n) is 0.735. The van der Waals surface area contributed by atoms with Gasteiger partial charge in [-0.25, -0.2) is 4.21 Å². The molecule has 60 valence electrons. The lowest BCUT2D eigenvalue weighted by atomic mass is 10.4. The topological polar surface area (TPSA) is 39.2 Å². The maximum Gasteiger partial charge on any atom is 0.190 e. The first-order valence-corrected chi connectivity index (χ1v) is 4.21. The van der Waals surface area contributed by atoms with Crippen molar-refractivity contribution < 1.29 is 8.39 Å². The van der Waals surface area contributed by atoms with Crippen molar-refractivity contribution in [3.05, 3.63) is 24.0 Å². The van der Waals surface area contributed by atoms with Crippen LogP contribution in [0.2, 0.25) is 0 Å². The van der Waals surface area contributed by atoms with Crippen molar-refractivity contribution >= 4 is 11.1 Å². The Morgan fingerprint density at radius 1 is 1.64 bits per heavy atom. The second kappa shape index (κ2) is 3.59. The third-order valence-electron chi connectivity index (χ3n) is 1.29. The van der Waals surface area contributed by atoms with Crippen LogP contribution < -0.4 is 0 Å². The molecule has 1 aromatic heterocycles. The molecule has 0 bridgehead atoms. The van der Waals surface area contributed by atoms with E-state index in [1.807, 2.05) is 0 Å². The molecule has 4 heteroatoms. The van der Waals surface area contributed by atoms with Crippen LogP contribution in [0.4, 0.5) is 0 Å². The Morgan fingerprint density at radius 3 is 2.91 bits per heavy atom. The first-order valence-electron chi connectivity index (χ1n) is 3.13. The molecule has 0 saturated heterocycles. The van der Waals surface area contributed by atoms with E-state index in [4.69, 9.17) is 0 Å². The Bertz CT molecular complexity index is 275. The van der Waals surface area contributed by atoms with Gasteiger partial charge in [0.15, 0.2) is 11.1 Å². The fourth-order valence-corrected chi connectivity index (χ4v) is 1.40. The summed E-state index contributed by atoms with van der Waals surface area (Å²) >= 11 is -1.36. The summed E-state index contributed by atoms with van der Waals surface area (Å²) in [5.41, 5.74) is 0.743. The standard InChI is InChI=1S/C7H9NO2S/c1-6-7(11(9)10-2)4-3-5-8-6/h3-5H,1-2H3. The summed E-state index contributed by atoms with van der Waals surface area (Å²) in [6, 6.07) is 3.47. The van der Waals surface area contributed by atoms with Crippen molar-refractivity contribution in [1.29, 1.82) is 0 Å². The van der Waals surface area contributed by atoms with Gasteiger partial charge in [0, 0.05) is 6.20 Å². The van der Waals surface area contributed by atoms with E-state index in [2.05, 4.69) is 9.17 Å². The largest absolute Gasteiger partial charge is 0.290 e. The molecule has 0 aliphatic carbocycles. The summed E-state index contributed by atoms with van der Waals surface area (Å²) in [4.78, 5) is 4.61. The Kier molecular flexibility index (Phi) is 2.73. The number of hydrogen-bond donors (Lipinski definition) is 0. The highest BCUT2D eigenvalue weighted by molar-refractivity contribution is 7.80. The molecule has 0 spiro atoms. The van der Waals surface area contributed by atoms with Crippen LogP contribution in [-0.4, -0.2) is 16.3 Å². The third kappa shape index (κ3) is 1.85. The summed E-state index contributed by atoms with van der Waals surface area (Å²) < 4.78 is 15.7. The monoisotopic (exact) mass is 171 g/mol. The lowest BCUT2D eigenvalue weighted by molar-refractivity contribution is 0.445. The zero-order valence-corrected chi connectivity index (χ0v) is 7.22. The highest BCUT2D eigenvalue weighted by atomic mass is 32.2. The van der Waals surface area contributed by atoms with E-state index >= 15 is 0 Å². The molecule has 0 N–H and O–H groups in total. The van der Waals surface area contributed by atoms with Gasteiger partial charge in [0.05, 0.1) is 17.7 Å². The second-order valence-electron chi connectivity index (χ2n) is 1.99. The SMILES string of the molecule is COS(=O)c1cccnc1C. The fraction of sp³-hybridized carbons (Fsp3) is 0.286. The van der Waals surface area contributed by atoms with Crippen molar-refractivity contribution in [2.24, 2.45) is 0 Å². The summed E-state index contributed by atoms with van der Waals surface area (Å²) in [6.07, 6.45) is 1.66. The summed E-state index contributed by atoms with van der Waals surface area (Å²) in [5.74, 6) is 0. The molecule has 0 saturated carbocycles. The van der Waals surface area contributed by atoms with Gasteiger partial charge in [0.1, 0.15) is 0 Å². The van der Waals surface area contributed by atoms with Gasteiger partial charge in [0.2, 0.25) is 0 Å². The minimum absolute atomic E-state index is 0.634. The summed E-state index contributed by atoms with van der Waals surface area (Å²) in [5, 5.41) is 0. The lowest BCUT2D eigenvalue weighted by Gasteiger charge is -2.00. The smallest absolute Gasteiger partial charge is 0.190 e. The molecule has 1 rings (SSSR count). The molecule has 11 heavy (non-hydrogen) atoms. The van der Waals surface area contributed by atoms with Gasteiger partial charge in [-0.3, -0.25) is 9.17 Å². The number of nitrogens with zero attached hydrogens (tertiary/aromatic N) is 1. The van der Waals surface area contributed by atoms with Crippen LogP contribution >= 0.6 is 0 Å². The average Bonchev–Trinajstić information content (AvgIpc) is 2.04. The molecule has 1 heterocycles. The van der Waals surface area contributed by atoms with E-state index in [0.29, 0.717) is 4.90 Å². The minimum Gasteiger partial charge on any atom is -0.290 e. The molecule has 3 nitrogen and oxygen atoms in total. The number of rotatable bonds is 2. The number of aromatic nitrogens is 1. The third-order valence-corrected chi connectivity index (χ3v) is 2.38. The van der Waals surface area contributed by atoms with E-state index in [9.17, 15) is 4.21 Å². The highest BCUT2D eigenvalue weighted by Gasteiger charge is 2.04. The van der Waals surface area contributed by atoms with Gasteiger partial charge < -0.3 is 0 Å². The van der Waals surface area contributed by atoms with E-state index in [1.165, 1.54) is 7.11 Å². The number of aryl methyl sites for hydroxylation is 1. The molecule has 0 aliphatic heterocycles. The van der Waals surface area contributed by atoms with Gasteiger partial charge in [-0.1, -0.05) is 0 Å². The van der Waals surface area contributed by atoms with E-state index in [-0.39, 0.29) is 0 Å². The first kappa shape index (κ1) is 8.36. The molecule has 1 aromatic rings. The summed E-state index contributed by atoms with van der Waals surface area (Å²) in [6.45, 7) is 1.80. The Labute approximate surface area is 68.1 Å². The van der Waals surface area contributed by atoms with E-state index in [0.717, 1.165) is 5.69 Å². The molecule has 0 aliphatic rings. The Balaban J connectivity index is 3.03. The predicted octanol–water partition coefficient (Wildman–Crippen LogP) is 1.06. The van der Waals surface area contributed by atoms with E-state index in [1.54, 1.807) is 25.3 Å². The van der Waals surface area contributed by atoms with Crippen LogP contribution in [0.25, 0.3) is 0 Å². The molecular formula is C7H9NO2S. The molecule has 1 unspecified atom stereocenters.